The van der Waals surface area contributed by atoms with Crippen LogP contribution in [0.4, 0.5) is 11.4 Å². The van der Waals surface area contributed by atoms with Crippen LogP contribution < -0.4 is 10.6 Å². The number of hydrogen-bond acceptors (Lipinski definition) is 4. The van der Waals surface area contributed by atoms with Crippen molar-refractivity contribution in [3.63, 3.8) is 0 Å². The maximum absolute atomic E-state index is 11.4. The fourth-order valence-electron chi connectivity index (χ4n) is 1.31. The largest absolute Gasteiger partial charge is 0.371 e. The summed E-state index contributed by atoms with van der Waals surface area (Å²) in [5.41, 5.74) is 0.331. The van der Waals surface area contributed by atoms with Gasteiger partial charge in [0.25, 0.3) is 5.69 Å². The minimum absolute atomic E-state index is 0.0230. The quantitative estimate of drug-likeness (QED) is 0.461. The number of carbonyl (C=O) groups is 1. The summed E-state index contributed by atoms with van der Waals surface area (Å²) in [5.74, 6) is -0.176. The predicted molar refractivity (Wildman–Crippen MR) is 77.6 cm³/mol. The first-order valence-electron chi connectivity index (χ1n) is 5.49. The summed E-state index contributed by atoms with van der Waals surface area (Å²) in [6.07, 6.45) is 0.857. The predicted octanol–water partition coefficient (Wildman–Crippen LogP) is 2.14. The maximum Gasteiger partial charge on any atom is 0.293 e. The van der Waals surface area contributed by atoms with E-state index in [1.165, 1.54) is 6.07 Å². The van der Waals surface area contributed by atoms with E-state index >= 15 is 0 Å². The van der Waals surface area contributed by atoms with Crippen LogP contribution in [-0.2, 0) is 4.79 Å². The lowest BCUT2D eigenvalue weighted by Crippen LogP contribution is -2.30. The number of nitro groups is 1. The molecule has 0 aliphatic rings. The molecule has 0 unspecified atom stereocenters. The molecule has 0 heterocycles. The molecule has 0 saturated carbocycles. The highest BCUT2D eigenvalue weighted by atomic mass is 127. The Balaban J connectivity index is 2.67. The number of carbonyl (C=O) groups excluding carboxylic acids is 1. The first-order chi connectivity index (χ1) is 8.54. The van der Waals surface area contributed by atoms with Gasteiger partial charge in [0.1, 0.15) is 5.69 Å². The first kappa shape index (κ1) is 14.7. The highest BCUT2D eigenvalue weighted by molar-refractivity contribution is 14.1. The van der Waals surface area contributed by atoms with Gasteiger partial charge in [-0.1, -0.05) is 6.92 Å². The van der Waals surface area contributed by atoms with Crippen molar-refractivity contribution in [2.45, 2.75) is 13.3 Å². The van der Waals surface area contributed by atoms with Crippen LogP contribution in [0.5, 0.6) is 0 Å². The third-order valence-electron chi connectivity index (χ3n) is 2.17. The fraction of sp³-hybridized carbons (Fsp3) is 0.364. The number of nitro benzene ring substituents is 1. The van der Waals surface area contributed by atoms with E-state index in [0.717, 1.165) is 9.99 Å². The minimum Gasteiger partial charge on any atom is -0.371 e. The van der Waals surface area contributed by atoms with Gasteiger partial charge in [0, 0.05) is 16.2 Å². The third kappa shape index (κ3) is 4.47. The number of anilines is 1. The van der Waals surface area contributed by atoms with Crippen LogP contribution in [0.1, 0.15) is 13.3 Å². The molecule has 1 aromatic carbocycles. The molecule has 18 heavy (non-hydrogen) atoms. The summed E-state index contributed by atoms with van der Waals surface area (Å²) in [6, 6.07) is 4.82. The summed E-state index contributed by atoms with van der Waals surface area (Å²) in [5, 5.41) is 16.3. The molecule has 0 aliphatic heterocycles. The van der Waals surface area contributed by atoms with E-state index in [4.69, 9.17) is 0 Å². The Kier molecular flexibility index (Phi) is 5.83. The van der Waals surface area contributed by atoms with Gasteiger partial charge >= 0.3 is 0 Å². The van der Waals surface area contributed by atoms with Crippen LogP contribution in [0, 0.1) is 13.7 Å². The van der Waals surface area contributed by atoms with Crippen molar-refractivity contribution in [1.82, 2.24) is 5.32 Å². The Bertz CT molecular complexity index is 451. The van der Waals surface area contributed by atoms with Crippen molar-refractivity contribution in [2.75, 3.05) is 18.4 Å². The molecule has 1 aromatic rings. The molecule has 2 N–H and O–H groups in total. The van der Waals surface area contributed by atoms with Crippen molar-refractivity contribution in [3.8, 4) is 0 Å². The van der Waals surface area contributed by atoms with Crippen LogP contribution in [0.15, 0.2) is 18.2 Å². The first-order valence-corrected chi connectivity index (χ1v) is 6.57. The molecule has 0 atom stereocenters. The lowest BCUT2D eigenvalue weighted by Gasteiger charge is -2.07. The standard InChI is InChI=1S/C11H14IN3O3/c1-2-5-13-11(16)7-14-9-4-3-8(12)6-10(9)15(17)18/h3-4,6,14H,2,5,7H2,1H3,(H,13,16). The monoisotopic (exact) mass is 363 g/mol. The molecule has 1 rings (SSSR count). The van der Waals surface area contributed by atoms with Gasteiger partial charge in [0.2, 0.25) is 5.91 Å². The van der Waals surface area contributed by atoms with E-state index in [1.807, 2.05) is 29.5 Å². The number of nitrogens with zero attached hydrogens (tertiary/aromatic N) is 1. The van der Waals surface area contributed by atoms with E-state index in [9.17, 15) is 14.9 Å². The normalized spacial score (nSPS) is 9.89. The molecule has 0 radical (unpaired) electrons. The van der Waals surface area contributed by atoms with Crippen molar-refractivity contribution in [1.29, 1.82) is 0 Å². The van der Waals surface area contributed by atoms with Crippen LogP contribution in [0.25, 0.3) is 0 Å². The summed E-state index contributed by atoms with van der Waals surface area (Å²) < 4.78 is 0.778. The van der Waals surface area contributed by atoms with Crippen LogP contribution in [0.2, 0.25) is 0 Å². The Hall–Kier alpha value is -1.38. The number of amides is 1. The van der Waals surface area contributed by atoms with E-state index < -0.39 is 4.92 Å². The minimum atomic E-state index is -0.464. The summed E-state index contributed by atoms with van der Waals surface area (Å²) in [4.78, 5) is 21.8. The van der Waals surface area contributed by atoms with E-state index in [1.54, 1.807) is 12.1 Å². The van der Waals surface area contributed by atoms with Gasteiger partial charge in [-0.3, -0.25) is 14.9 Å². The lowest BCUT2D eigenvalue weighted by molar-refractivity contribution is -0.384. The Morgan fingerprint density at radius 3 is 2.83 bits per heavy atom. The number of rotatable bonds is 6. The van der Waals surface area contributed by atoms with Gasteiger partial charge in [0.05, 0.1) is 11.5 Å². The SMILES string of the molecule is CCCNC(=O)CNc1ccc(I)cc1[N+](=O)[O-]. The van der Waals surface area contributed by atoms with Gasteiger partial charge < -0.3 is 10.6 Å². The van der Waals surface area contributed by atoms with Crippen molar-refractivity contribution >= 4 is 39.9 Å². The van der Waals surface area contributed by atoms with Crippen molar-refractivity contribution in [2.24, 2.45) is 0 Å². The Morgan fingerprint density at radius 1 is 1.50 bits per heavy atom. The Morgan fingerprint density at radius 2 is 2.22 bits per heavy atom. The highest BCUT2D eigenvalue weighted by Crippen LogP contribution is 2.25. The number of hydrogen-bond donors (Lipinski definition) is 2. The van der Waals surface area contributed by atoms with Crippen molar-refractivity contribution < 1.29 is 9.72 Å². The van der Waals surface area contributed by atoms with Gasteiger partial charge in [-0.25, -0.2) is 0 Å². The zero-order chi connectivity index (χ0) is 13.5. The summed E-state index contributed by atoms with van der Waals surface area (Å²) in [6.45, 7) is 2.59. The molecule has 0 spiro atoms. The van der Waals surface area contributed by atoms with E-state index in [0.29, 0.717) is 12.2 Å². The summed E-state index contributed by atoms with van der Waals surface area (Å²) >= 11 is 2.00. The van der Waals surface area contributed by atoms with Gasteiger partial charge in [-0.15, -0.1) is 0 Å². The van der Waals surface area contributed by atoms with Crippen LogP contribution in [-0.4, -0.2) is 23.9 Å². The van der Waals surface area contributed by atoms with Crippen LogP contribution >= 0.6 is 22.6 Å². The average Bonchev–Trinajstić information content (AvgIpc) is 2.34. The number of nitrogens with one attached hydrogen (secondary N) is 2. The van der Waals surface area contributed by atoms with Crippen LogP contribution in [0.3, 0.4) is 0 Å². The second kappa shape index (κ2) is 7.14. The summed E-state index contributed by atoms with van der Waals surface area (Å²) in [7, 11) is 0. The van der Waals surface area contributed by atoms with E-state index in [-0.39, 0.29) is 18.1 Å². The van der Waals surface area contributed by atoms with E-state index in [2.05, 4.69) is 10.6 Å². The third-order valence-corrected chi connectivity index (χ3v) is 2.84. The van der Waals surface area contributed by atoms with Crippen molar-refractivity contribution in [3.05, 3.63) is 31.9 Å². The fourth-order valence-corrected chi connectivity index (χ4v) is 1.78. The molecule has 0 aromatic heterocycles. The molecule has 0 aliphatic carbocycles. The molecule has 0 bridgehead atoms. The molecule has 98 valence electrons. The molecule has 1 amide bonds. The van der Waals surface area contributed by atoms with Gasteiger partial charge in [-0.2, -0.15) is 0 Å². The molecule has 0 fully saturated rings. The maximum atomic E-state index is 11.4. The topological polar surface area (TPSA) is 84.3 Å². The average molecular weight is 363 g/mol. The molecule has 7 heteroatoms. The highest BCUT2D eigenvalue weighted by Gasteiger charge is 2.14. The zero-order valence-electron chi connectivity index (χ0n) is 9.90. The molecule has 0 saturated heterocycles. The number of halogens is 1. The lowest BCUT2D eigenvalue weighted by atomic mass is 10.2. The molecular weight excluding hydrogens is 349 g/mol. The second-order valence-electron chi connectivity index (χ2n) is 3.62. The van der Waals surface area contributed by atoms with Gasteiger partial charge in [0.15, 0.2) is 0 Å². The second-order valence-corrected chi connectivity index (χ2v) is 4.87. The van der Waals surface area contributed by atoms with Gasteiger partial charge in [-0.05, 0) is 41.1 Å². The Labute approximate surface area is 118 Å². The molecular formula is C11H14IN3O3. The smallest absolute Gasteiger partial charge is 0.293 e. The molecule has 6 nitrogen and oxygen atoms in total. The number of benzene rings is 1. The zero-order valence-corrected chi connectivity index (χ0v) is 12.1.